The van der Waals surface area contributed by atoms with Crippen LogP contribution >= 0.6 is 15.9 Å². The van der Waals surface area contributed by atoms with Gasteiger partial charge in [0.2, 0.25) is 5.91 Å². The average Bonchev–Trinajstić information content (AvgIpc) is 2.48. The first kappa shape index (κ1) is 12.6. The SMILES string of the molecule is COC(=O)C1=C(O)c2cccc(Br)c2NC(=O)C1. The highest BCUT2D eigenvalue weighted by Crippen LogP contribution is 2.34. The van der Waals surface area contributed by atoms with Crippen LogP contribution in [0.2, 0.25) is 0 Å². The minimum absolute atomic E-state index is 0.0492. The number of amides is 1. The fourth-order valence-electron chi connectivity index (χ4n) is 1.73. The number of hydrogen-bond donors (Lipinski definition) is 2. The maximum Gasteiger partial charge on any atom is 0.338 e. The average molecular weight is 312 g/mol. The summed E-state index contributed by atoms with van der Waals surface area (Å²) in [6, 6.07) is 5.05. The van der Waals surface area contributed by atoms with E-state index in [-0.39, 0.29) is 23.7 Å². The molecule has 6 heteroatoms. The Morgan fingerprint density at radius 3 is 2.89 bits per heavy atom. The summed E-state index contributed by atoms with van der Waals surface area (Å²) in [4.78, 5) is 23.2. The van der Waals surface area contributed by atoms with E-state index in [4.69, 9.17) is 0 Å². The van der Waals surface area contributed by atoms with Crippen LogP contribution in [0.3, 0.4) is 0 Å². The van der Waals surface area contributed by atoms with Gasteiger partial charge in [-0.3, -0.25) is 4.79 Å². The maximum absolute atomic E-state index is 11.7. The summed E-state index contributed by atoms with van der Waals surface area (Å²) in [5.74, 6) is -1.33. The first-order valence-corrected chi connectivity index (χ1v) is 5.93. The number of aliphatic hydroxyl groups excluding tert-OH is 1. The van der Waals surface area contributed by atoms with Gasteiger partial charge >= 0.3 is 5.97 Å². The molecule has 0 saturated carbocycles. The lowest BCUT2D eigenvalue weighted by atomic mass is 10.1. The molecule has 5 nitrogen and oxygen atoms in total. The Morgan fingerprint density at radius 1 is 1.50 bits per heavy atom. The van der Waals surface area contributed by atoms with Gasteiger partial charge in [0.15, 0.2) is 0 Å². The Labute approximate surface area is 112 Å². The van der Waals surface area contributed by atoms with Gasteiger partial charge in [-0.05, 0) is 28.1 Å². The quantitative estimate of drug-likeness (QED) is 0.780. The van der Waals surface area contributed by atoms with Gasteiger partial charge in [-0.2, -0.15) is 0 Å². The smallest absolute Gasteiger partial charge is 0.338 e. The number of ether oxygens (including phenoxy) is 1. The van der Waals surface area contributed by atoms with E-state index in [0.717, 1.165) is 0 Å². The van der Waals surface area contributed by atoms with Crippen LogP contribution in [0.1, 0.15) is 12.0 Å². The molecule has 0 fully saturated rings. The molecular formula is C12H10BrNO4. The van der Waals surface area contributed by atoms with Gasteiger partial charge in [-0.25, -0.2) is 4.79 Å². The van der Waals surface area contributed by atoms with E-state index in [1.165, 1.54) is 7.11 Å². The fraction of sp³-hybridized carbons (Fsp3) is 0.167. The Hall–Kier alpha value is -1.82. The molecule has 1 amide bonds. The maximum atomic E-state index is 11.7. The number of carbonyl (C=O) groups excluding carboxylic acids is 2. The van der Waals surface area contributed by atoms with Crippen molar-refractivity contribution in [3.05, 3.63) is 33.8 Å². The molecule has 94 valence electrons. The van der Waals surface area contributed by atoms with Crippen LogP contribution in [0.5, 0.6) is 0 Å². The zero-order chi connectivity index (χ0) is 13.3. The molecule has 0 radical (unpaired) electrons. The monoisotopic (exact) mass is 311 g/mol. The number of aliphatic hydroxyl groups is 1. The van der Waals surface area contributed by atoms with Gasteiger partial charge in [0.05, 0.1) is 24.8 Å². The molecule has 1 heterocycles. The fourth-order valence-corrected chi connectivity index (χ4v) is 2.20. The summed E-state index contributed by atoms with van der Waals surface area (Å²) in [5.41, 5.74) is 0.779. The third kappa shape index (κ3) is 2.11. The van der Waals surface area contributed by atoms with Crippen molar-refractivity contribution in [3.63, 3.8) is 0 Å². The lowest BCUT2D eigenvalue weighted by molar-refractivity contribution is -0.137. The number of esters is 1. The zero-order valence-corrected chi connectivity index (χ0v) is 11.1. The number of nitrogens with one attached hydrogen (secondary N) is 1. The molecular weight excluding hydrogens is 302 g/mol. The predicted octanol–water partition coefficient (Wildman–Crippen LogP) is 2.23. The number of fused-ring (bicyclic) bond motifs is 1. The summed E-state index contributed by atoms with van der Waals surface area (Å²) < 4.78 is 5.19. The summed E-state index contributed by atoms with van der Waals surface area (Å²) in [5, 5.41) is 12.7. The third-order valence-corrected chi connectivity index (χ3v) is 3.25. The molecule has 2 rings (SSSR count). The van der Waals surface area contributed by atoms with Gasteiger partial charge in [0.1, 0.15) is 5.76 Å². The highest BCUT2D eigenvalue weighted by Gasteiger charge is 2.26. The highest BCUT2D eigenvalue weighted by atomic mass is 79.9. The van der Waals surface area contributed by atoms with Crippen molar-refractivity contribution < 1.29 is 19.4 Å². The van der Waals surface area contributed by atoms with Crippen LogP contribution in [0.25, 0.3) is 5.76 Å². The standard InChI is InChI=1S/C12H10BrNO4/c1-18-12(17)7-5-9(15)14-10-6(11(7)16)3-2-4-8(10)13/h2-4,16H,5H2,1H3,(H,14,15). The highest BCUT2D eigenvalue weighted by molar-refractivity contribution is 9.10. The second kappa shape index (κ2) is 4.81. The molecule has 1 aromatic carbocycles. The molecule has 0 aromatic heterocycles. The lowest BCUT2D eigenvalue weighted by Crippen LogP contribution is -2.15. The topological polar surface area (TPSA) is 75.6 Å². The number of carbonyl (C=O) groups is 2. The molecule has 0 bridgehead atoms. The van der Waals surface area contributed by atoms with Crippen molar-refractivity contribution in [1.29, 1.82) is 0 Å². The summed E-state index contributed by atoms with van der Waals surface area (Å²) in [6.45, 7) is 0. The molecule has 2 N–H and O–H groups in total. The van der Waals surface area contributed by atoms with Crippen LogP contribution in [0, 0.1) is 0 Å². The Morgan fingerprint density at radius 2 is 2.22 bits per heavy atom. The van der Waals surface area contributed by atoms with Crippen molar-refractivity contribution in [1.82, 2.24) is 0 Å². The van der Waals surface area contributed by atoms with E-state index < -0.39 is 5.97 Å². The van der Waals surface area contributed by atoms with Crippen molar-refractivity contribution in [2.75, 3.05) is 12.4 Å². The van der Waals surface area contributed by atoms with E-state index in [0.29, 0.717) is 15.7 Å². The Kier molecular flexibility index (Phi) is 3.38. The molecule has 0 saturated heterocycles. The molecule has 1 aromatic rings. The van der Waals surface area contributed by atoms with Crippen LogP contribution < -0.4 is 5.32 Å². The number of hydrogen-bond acceptors (Lipinski definition) is 4. The van der Waals surface area contributed by atoms with Crippen LogP contribution in [0.4, 0.5) is 5.69 Å². The van der Waals surface area contributed by atoms with E-state index in [2.05, 4.69) is 26.0 Å². The number of anilines is 1. The summed E-state index contributed by atoms with van der Waals surface area (Å²) >= 11 is 3.28. The number of para-hydroxylation sites is 1. The molecule has 0 aliphatic carbocycles. The van der Waals surface area contributed by atoms with E-state index in [1.54, 1.807) is 18.2 Å². The van der Waals surface area contributed by atoms with Crippen LogP contribution in [0.15, 0.2) is 28.2 Å². The summed E-state index contributed by atoms with van der Waals surface area (Å²) in [7, 11) is 1.20. The number of halogens is 1. The zero-order valence-electron chi connectivity index (χ0n) is 9.49. The van der Waals surface area contributed by atoms with Gasteiger partial charge in [-0.15, -0.1) is 0 Å². The van der Waals surface area contributed by atoms with Gasteiger partial charge in [0.25, 0.3) is 0 Å². The Balaban J connectivity index is 2.65. The lowest BCUT2D eigenvalue weighted by Gasteiger charge is -2.09. The predicted molar refractivity (Wildman–Crippen MR) is 69.0 cm³/mol. The molecule has 0 unspecified atom stereocenters. The molecule has 0 spiro atoms. The molecule has 1 aliphatic rings. The van der Waals surface area contributed by atoms with Crippen molar-refractivity contribution in [2.24, 2.45) is 0 Å². The van der Waals surface area contributed by atoms with E-state index in [9.17, 15) is 14.7 Å². The Bertz CT molecular complexity index is 565. The van der Waals surface area contributed by atoms with Crippen LogP contribution in [-0.4, -0.2) is 24.1 Å². The number of rotatable bonds is 1. The van der Waals surface area contributed by atoms with E-state index in [1.807, 2.05) is 0 Å². The molecule has 1 aliphatic heterocycles. The first-order valence-electron chi connectivity index (χ1n) is 5.13. The second-order valence-electron chi connectivity index (χ2n) is 3.71. The van der Waals surface area contributed by atoms with Gasteiger partial charge in [-0.1, -0.05) is 6.07 Å². The molecule has 18 heavy (non-hydrogen) atoms. The number of benzene rings is 1. The number of methoxy groups -OCH3 is 1. The third-order valence-electron chi connectivity index (χ3n) is 2.59. The van der Waals surface area contributed by atoms with Crippen molar-refractivity contribution in [3.8, 4) is 0 Å². The van der Waals surface area contributed by atoms with Gasteiger partial charge in [0, 0.05) is 10.0 Å². The van der Waals surface area contributed by atoms with Crippen molar-refractivity contribution in [2.45, 2.75) is 6.42 Å². The normalized spacial score (nSPS) is 14.7. The van der Waals surface area contributed by atoms with E-state index >= 15 is 0 Å². The molecule has 0 atom stereocenters. The van der Waals surface area contributed by atoms with Crippen LogP contribution in [-0.2, 0) is 14.3 Å². The minimum atomic E-state index is -0.713. The largest absolute Gasteiger partial charge is 0.507 e. The van der Waals surface area contributed by atoms with Gasteiger partial charge < -0.3 is 15.2 Å². The first-order chi connectivity index (χ1) is 8.54. The minimum Gasteiger partial charge on any atom is -0.507 e. The van der Waals surface area contributed by atoms with Crippen molar-refractivity contribution >= 4 is 39.3 Å². The summed E-state index contributed by atoms with van der Waals surface area (Å²) in [6.07, 6.45) is -0.223. The second-order valence-corrected chi connectivity index (χ2v) is 4.56.